The summed E-state index contributed by atoms with van der Waals surface area (Å²) in [6.07, 6.45) is 1.15. The average Bonchev–Trinajstić information content (AvgIpc) is 3.43. The number of aryl methyl sites for hydroxylation is 1. The summed E-state index contributed by atoms with van der Waals surface area (Å²) in [6.45, 7) is 5.42. The van der Waals surface area contributed by atoms with Gasteiger partial charge >= 0.3 is 5.97 Å². The number of rotatable bonds is 7. The molecule has 7 heteroatoms. The fourth-order valence-electron chi connectivity index (χ4n) is 4.75. The van der Waals surface area contributed by atoms with E-state index >= 15 is 0 Å². The van der Waals surface area contributed by atoms with Crippen LogP contribution in [-0.2, 0) is 22.5 Å². The highest BCUT2D eigenvalue weighted by atomic mass is 35.5. The molecule has 1 N–H and O–H groups in total. The van der Waals surface area contributed by atoms with Crippen LogP contribution in [-0.4, -0.2) is 29.2 Å². The number of halogens is 1. The van der Waals surface area contributed by atoms with E-state index in [1.54, 1.807) is 0 Å². The van der Waals surface area contributed by atoms with Crippen molar-refractivity contribution in [2.45, 2.75) is 39.2 Å². The number of imidazole rings is 1. The second-order valence-electron chi connectivity index (χ2n) is 8.81. The number of carbonyl (C=O) groups is 1. The Morgan fingerprint density at radius 2 is 2.09 bits per heavy atom. The van der Waals surface area contributed by atoms with Gasteiger partial charge in [-0.05, 0) is 48.4 Å². The van der Waals surface area contributed by atoms with Crippen LogP contribution in [0, 0.1) is 6.92 Å². The molecule has 35 heavy (non-hydrogen) atoms. The van der Waals surface area contributed by atoms with E-state index in [1.165, 1.54) is 18.2 Å². The summed E-state index contributed by atoms with van der Waals surface area (Å²) < 4.78 is 12.9. The highest BCUT2D eigenvalue weighted by Gasteiger charge is 2.27. The SMILES string of the molecule is CCc1nc2ccc(Cl)cc2n1-c1cccc(CNc2ccc3c(c2)OCC3CC(=O)OC)c1C. The number of hydrogen-bond donors (Lipinski definition) is 1. The molecule has 0 saturated carbocycles. The Bertz CT molecular complexity index is 1410. The van der Waals surface area contributed by atoms with Crippen molar-refractivity contribution in [2.24, 2.45) is 0 Å². The summed E-state index contributed by atoms with van der Waals surface area (Å²) in [4.78, 5) is 16.5. The molecule has 0 radical (unpaired) electrons. The molecular weight excluding hydrogens is 462 g/mol. The maximum atomic E-state index is 11.7. The van der Waals surface area contributed by atoms with Crippen LogP contribution in [0.25, 0.3) is 16.7 Å². The second-order valence-corrected chi connectivity index (χ2v) is 9.24. The van der Waals surface area contributed by atoms with Crippen molar-refractivity contribution >= 4 is 34.3 Å². The van der Waals surface area contributed by atoms with E-state index < -0.39 is 0 Å². The lowest BCUT2D eigenvalue weighted by Crippen LogP contribution is -2.09. The molecule has 0 aliphatic carbocycles. The summed E-state index contributed by atoms with van der Waals surface area (Å²) in [5, 5.41) is 4.23. The summed E-state index contributed by atoms with van der Waals surface area (Å²) in [5.41, 5.74) is 7.47. The Balaban J connectivity index is 1.39. The molecular formula is C28H28ClN3O3. The lowest BCUT2D eigenvalue weighted by molar-refractivity contribution is -0.141. The summed E-state index contributed by atoms with van der Waals surface area (Å²) >= 11 is 6.32. The van der Waals surface area contributed by atoms with Crippen LogP contribution in [0.3, 0.4) is 0 Å². The Morgan fingerprint density at radius 3 is 2.89 bits per heavy atom. The summed E-state index contributed by atoms with van der Waals surface area (Å²) in [5.74, 6) is 1.65. The third-order valence-corrected chi connectivity index (χ3v) is 6.91. The largest absolute Gasteiger partial charge is 0.493 e. The lowest BCUT2D eigenvalue weighted by Gasteiger charge is -2.16. The minimum atomic E-state index is -0.219. The van der Waals surface area contributed by atoms with Crippen LogP contribution < -0.4 is 10.1 Å². The number of benzene rings is 3. The molecule has 1 aliphatic rings. The molecule has 4 aromatic rings. The Kier molecular flexibility index (Phi) is 6.39. The first-order chi connectivity index (χ1) is 17.0. The van der Waals surface area contributed by atoms with Crippen molar-refractivity contribution in [3.63, 3.8) is 0 Å². The normalized spacial score (nSPS) is 14.6. The van der Waals surface area contributed by atoms with Gasteiger partial charge < -0.3 is 14.8 Å². The first-order valence-electron chi connectivity index (χ1n) is 11.8. The van der Waals surface area contributed by atoms with E-state index in [0.29, 0.717) is 24.6 Å². The van der Waals surface area contributed by atoms with Gasteiger partial charge in [0.05, 0.1) is 36.9 Å². The van der Waals surface area contributed by atoms with Crippen molar-refractivity contribution in [1.82, 2.24) is 9.55 Å². The number of nitrogens with zero attached hydrogens (tertiary/aromatic N) is 2. The van der Waals surface area contributed by atoms with Crippen LogP contribution in [0.5, 0.6) is 5.75 Å². The highest BCUT2D eigenvalue weighted by molar-refractivity contribution is 6.31. The van der Waals surface area contributed by atoms with E-state index in [1.807, 2.05) is 36.4 Å². The molecule has 180 valence electrons. The van der Waals surface area contributed by atoms with Gasteiger partial charge in [-0.2, -0.15) is 0 Å². The van der Waals surface area contributed by atoms with E-state index in [4.69, 9.17) is 26.1 Å². The highest BCUT2D eigenvalue weighted by Crippen LogP contribution is 2.38. The predicted molar refractivity (Wildman–Crippen MR) is 139 cm³/mol. The molecule has 0 fully saturated rings. The first-order valence-corrected chi connectivity index (χ1v) is 12.2. The van der Waals surface area contributed by atoms with Gasteiger partial charge in [-0.3, -0.25) is 9.36 Å². The van der Waals surface area contributed by atoms with E-state index in [9.17, 15) is 4.79 Å². The van der Waals surface area contributed by atoms with Crippen molar-refractivity contribution in [3.05, 3.63) is 82.1 Å². The van der Waals surface area contributed by atoms with Crippen LogP contribution >= 0.6 is 11.6 Å². The third-order valence-electron chi connectivity index (χ3n) is 6.68. The van der Waals surface area contributed by atoms with Gasteiger partial charge in [-0.15, -0.1) is 0 Å². The topological polar surface area (TPSA) is 65.4 Å². The number of ether oxygens (including phenoxy) is 2. The summed E-state index contributed by atoms with van der Waals surface area (Å²) in [7, 11) is 1.41. The van der Waals surface area contributed by atoms with Crippen molar-refractivity contribution in [1.29, 1.82) is 0 Å². The zero-order valence-electron chi connectivity index (χ0n) is 20.1. The molecule has 0 amide bonds. The Hall–Kier alpha value is -3.51. The van der Waals surface area contributed by atoms with Gasteiger partial charge in [-0.1, -0.05) is 36.7 Å². The zero-order chi connectivity index (χ0) is 24.5. The Morgan fingerprint density at radius 1 is 1.23 bits per heavy atom. The van der Waals surface area contributed by atoms with Crippen LogP contribution in [0.15, 0.2) is 54.6 Å². The van der Waals surface area contributed by atoms with Crippen LogP contribution in [0.4, 0.5) is 5.69 Å². The quantitative estimate of drug-likeness (QED) is 0.313. The number of esters is 1. The van der Waals surface area contributed by atoms with Crippen molar-refractivity contribution in [2.75, 3.05) is 19.0 Å². The molecule has 1 aromatic heterocycles. The van der Waals surface area contributed by atoms with E-state index in [0.717, 1.165) is 46.0 Å². The average molecular weight is 490 g/mol. The number of methoxy groups -OCH3 is 1. The second kappa shape index (κ2) is 9.62. The molecule has 0 saturated heterocycles. The maximum Gasteiger partial charge on any atom is 0.306 e. The number of fused-ring (bicyclic) bond motifs is 2. The molecule has 0 bridgehead atoms. The molecule has 6 nitrogen and oxygen atoms in total. The molecule has 2 heterocycles. The minimum Gasteiger partial charge on any atom is -0.493 e. The maximum absolute atomic E-state index is 11.7. The van der Waals surface area contributed by atoms with E-state index in [-0.39, 0.29) is 11.9 Å². The van der Waals surface area contributed by atoms with Crippen LogP contribution in [0.2, 0.25) is 5.02 Å². The number of nitrogens with one attached hydrogen (secondary N) is 1. The molecule has 3 aromatic carbocycles. The van der Waals surface area contributed by atoms with Crippen molar-refractivity contribution in [3.8, 4) is 11.4 Å². The molecule has 5 rings (SSSR count). The standard InChI is InChI=1S/C28H28ClN3O3/c1-4-27-31-23-11-8-20(29)13-25(23)32(27)24-7-5-6-18(17(24)2)15-30-21-9-10-22-19(12-28(33)34-3)16-35-26(22)14-21/h5-11,13-14,19,30H,4,12,15-16H2,1-3H3. The monoisotopic (exact) mass is 489 g/mol. The summed E-state index contributed by atoms with van der Waals surface area (Å²) in [6, 6.07) is 18.3. The number of hydrogen-bond acceptors (Lipinski definition) is 5. The fraction of sp³-hybridized carbons (Fsp3) is 0.286. The minimum absolute atomic E-state index is 0.0386. The molecule has 0 spiro atoms. The number of carbonyl (C=O) groups excluding carboxylic acids is 1. The Labute approximate surface area is 209 Å². The third kappa shape index (κ3) is 4.46. The zero-order valence-corrected chi connectivity index (χ0v) is 20.9. The van der Waals surface area contributed by atoms with Crippen LogP contribution in [0.1, 0.15) is 41.8 Å². The first kappa shape index (κ1) is 23.2. The fourth-order valence-corrected chi connectivity index (χ4v) is 4.91. The van der Waals surface area contributed by atoms with Gasteiger partial charge in [0.1, 0.15) is 11.6 Å². The van der Waals surface area contributed by atoms with Gasteiger partial charge in [0.15, 0.2) is 0 Å². The van der Waals surface area contributed by atoms with Gasteiger partial charge in [0.25, 0.3) is 0 Å². The number of anilines is 1. The van der Waals surface area contributed by atoms with Gasteiger partial charge in [0, 0.05) is 41.2 Å². The predicted octanol–water partition coefficient (Wildman–Crippen LogP) is 6.20. The smallest absolute Gasteiger partial charge is 0.306 e. The molecule has 1 atom stereocenters. The van der Waals surface area contributed by atoms with E-state index in [2.05, 4.69) is 41.9 Å². The number of aromatic nitrogens is 2. The molecule has 1 aliphatic heterocycles. The van der Waals surface area contributed by atoms with Gasteiger partial charge in [0.2, 0.25) is 0 Å². The molecule has 1 unspecified atom stereocenters. The lowest BCUT2D eigenvalue weighted by atomic mass is 9.97. The van der Waals surface area contributed by atoms with Gasteiger partial charge in [-0.25, -0.2) is 4.98 Å². The van der Waals surface area contributed by atoms with Crippen molar-refractivity contribution < 1.29 is 14.3 Å².